The number of cyclic esters (lactones) is 1. The molecular formula is C61H101NO15Si. The van der Waals surface area contributed by atoms with Gasteiger partial charge in [0.05, 0.1) is 50.8 Å². The second kappa shape index (κ2) is 31.3. The lowest BCUT2D eigenvalue weighted by Gasteiger charge is -2.44. The summed E-state index contributed by atoms with van der Waals surface area (Å²) in [7, 11) is 2.61. The summed E-state index contributed by atoms with van der Waals surface area (Å²) < 4.78 is 48.5. The summed E-state index contributed by atoms with van der Waals surface area (Å²) >= 11 is 0. The number of carbonyl (C=O) groups is 5. The minimum atomic E-state index is -2.47. The molecule has 3 heterocycles. The van der Waals surface area contributed by atoms with Crippen LogP contribution < -0.4 is 0 Å². The van der Waals surface area contributed by atoms with Crippen molar-refractivity contribution in [1.82, 2.24) is 4.90 Å². The monoisotopic (exact) mass is 1120 g/mol. The Morgan fingerprint density at radius 3 is 2.21 bits per heavy atom. The van der Waals surface area contributed by atoms with Crippen LogP contribution in [0.1, 0.15) is 146 Å². The molecule has 16 nitrogen and oxygen atoms in total. The van der Waals surface area contributed by atoms with E-state index in [1.165, 1.54) is 12.0 Å². The number of ether oxygens (including phenoxy) is 7. The lowest BCUT2D eigenvalue weighted by Crippen LogP contribution is -2.61. The van der Waals surface area contributed by atoms with Crippen LogP contribution in [0.5, 0.6) is 0 Å². The summed E-state index contributed by atoms with van der Waals surface area (Å²) in [6.07, 6.45) is 12.2. The molecule has 0 aromatic rings. The molecule has 444 valence electrons. The van der Waals surface area contributed by atoms with E-state index < -0.39 is 86.1 Å². The zero-order chi connectivity index (χ0) is 58.1. The summed E-state index contributed by atoms with van der Waals surface area (Å²) in [5.41, 5.74) is 1.25. The molecule has 4 aliphatic rings. The molecule has 1 saturated carbocycles. The first-order chi connectivity index (χ1) is 36.7. The molecule has 0 aromatic heterocycles. The number of amides is 1. The fourth-order valence-corrected chi connectivity index (χ4v) is 12.6. The van der Waals surface area contributed by atoms with E-state index in [9.17, 15) is 34.2 Å². The van der Waals surface area contributed by atoms with Crippen LogP contribution in [0.3, 0.4) is 0 Å². The van der Waals surface area contributed by atoms with Crippen LogP contribution in [0.4, 0.5) is 0 Å². The number of rotatable bonds is 14. The lowest BCUT2D eigenvalue weighted by molar-refractivity contribution is -0.266. The average Bonchev–Trinajstić information content (AvgIpc) is 3.39. The third-order valence-corrected chi connectivity index (χ3v) is 21.9. The number of esters is 1. The van der Waals surface area contributed by atoms with Crippen molar-refractivity contribution in [3.63, 3.8) is 0 Å². The fraction of sp³-hybridized carbons (Fsp3) is 0.787. The highest BCUT2D eigenvalue weighted by Crippen LogP contribution is 2.42. The molecule has 2 saturated heterocycles. The highest BCUT2D eigenvalue weighted by atomic mass is 28.4. The predicted molar refractivity (Wildman–Crippen MR) is 303 cm³/mol. The van der Waals surface area contributed by atoms with Crippen LogP contribution in [0.25, 0.3) is 0 Å². The number of aliphatic hydroxyl groups is 2. The second-order valence-electron chi connectivity index (χ2n) is 24.7. The quantitative estimate of drug-likeness (QED) is 0.0547. The standard InChI is InChI=1S/C61H101NO15Si/c1-39-21-17-16-18-22-40(2)51(74-32-31-73-30-29-70-11)37-47-26-24-45(7)61(69,76-47)57(66)58(67)62-28-20-19-23-48(62)59(68)75-52(38-49(63)41(3)34-44(6)55(65)56(72-13)54(64)43(5)33-39)42(4)35-46-25-27-50(53(36-46)71-12)77-78(14,15)60(8,9)10/h16-18,21-22,34,39,41-43,45-48,50-53,55-56,65,69H,19-20,23-33,35-38H2,1-15H3/b18-16+,21-17+,40-22+,44-34+/t39-,41-,42-,43-,45-,46+,47+,48+,50?,51?,52+,53-,55-,56+,61-/m1/s1. The predicted octanol–water partition coefficient (Wildman–Crippen LogP) is 9.24. The van der Waals surface area contributed by atoms with Crippen molar-refractivity contribution in [1.29, 1.82) is 0 Å². The highest BCUT2D eigenvalue weighted by molar-refractivity contribution is 6.74. The molecule has 1 amide bonds. The molecule has 1 aliphatic carbocycles. The number of methoxy groups -OCH3 is 3. The third-order valence-electron chi connectivity index (χ3n) is 17.4. The van der Waals surface area contributed by atoms with E-state index in [1.807, 2.05) is 58.1 Å². The minimum Gasteiger partial charge on any atom is -0.460 e. The number of fused-ring (bicyclic) bond motifs is 3. The van der Waals surface area contributed by atoms with Crippen LogP contribution >= 0.6 is 0 Å². The second-order valence-corrected chi connectivity index (χ2v) is 29.4. The van der Waals surface area contributed by atoms with Crippen molar-refractivity contribution >= 4 is 37.5 Å². The SMILES string of the molecule is COCCOCCOC1C[C@@H]2CC[C@@H](C)[C@@](O)(O2)C(=O)C(=O)N2CCCC[C@H]2C(=O)O[C@H]([C@H](C)C[C@@H]2CCC(O[Si](C)(C)C(C)(C)C)[C@H](OC)C2)CC(=O)[C@H](C)/C=C(\C)[C@@H](O)[C@@H](OC)C(=O)[C@H](C)C[C@H](C)/C=C/C=C/C=C/1C. The largest absolute Gasteiger partial charge is 0.460 e. The topological polar surface area (TPSA) is 203 Å². The molecule has 2 bridgehead atoms. The Morgan fingerprint density at radius 1 is 0.833 bits per heavy atom. The van der Waals surface area contributed by atoms with Gasteiger partial charge in [0.1, 0.15) is 30.1 Å². The van der Waals surface area contributed by atoms with Crippen LogP contribution in [-0.2, 0) is 61.6 Å². The Kier molecular flexibility index (Phi) is 27.0. The number of aliphatic hydroxyl groups excluding tert-OH is 1. The number of allylic oxidation sites excluding steroid dienone is 6. The first-order valence-corrected chi connectivity index (χ1v) is 31.9. The summed E-state index contributed by atoms with van der Waals surface area (Å²) in [5, 5.41) is 23.9. The van der Waals surface area contributed by atoms with Crippen molar-refractivity contribution in [3.05, 3.63) is 47.6 Å². The molecule has 2 unspecified atom stereocenters. The van der Waals surface area contributed by atoms with Crippen LogP contribution in [0.2, 0.25) is 18.1 Å². The van der Waals surface area contributed by atoms with Crippen molar-refractivity contribution in [2.24, 2.45) is 35.5 Å². The molecule has 0 radical (unpaired) electrons. The first-order valence-electron chi connectivity index (χ1n) is 29.0. The number of carbonyl (C=O) groups excluding carboxylic acids is 5. The van der Waals surface area contributed by atoms with Gasteiger partial charge in [0.2, 0.25) is 5.79 Å². The zero-order valence-electron chi connectivity index (χ0n) is 50.2. The van der Waals surface area contributed by atoms with Crippen molar-refractivity contribution < 1.29 is 71.8 Å². The van der Waals surface area contributed by atoms with E-state index in [0.717, 1.165) is 24.8 Å². The minimum absolute atomic E-state index is 0.00463. The van der Waals surface area contributed by atoms with Crippen LogP contribution in [-0.4, -0.2) is 162 Å². The van der Waals surface area contributed by atoms with Crippen molar-refractivity contribution in [2.45, 2.75) is 219 Å². The molecule has 4 rings (SSSR count). The Balaban J connectivity index is 1.71. The zero-order valence-corrected chi connectivity index (χ0v) is 51.2. The number of nitrogens with zero attached hydrogens (tertiary/aromatic N) is 1. The normalized spacial score (nSPS) is 36.1. The average molecular weight is 1120 g/mol. The van der Waals surface area contributed by atoms with Crippen LogP contribution in [0.15, 0.2) is 47.6 Å². The van der Waals surface area contributed by atoms with Crippen molar-refractivity contribution in [3.8, 4) is 0 Å². The summed E-state index contributed by atoms with van der Waals surface area (Å²) in [4.78, 5) is 73.3. The van der Waals surface area contributed by atoms with Gasteiger partial charge in [-0.25, -0.2) is 4.79 Å². The van der Waals surface area contributed by atoms with Gasteiger partial charge < -0.3 is 52.7 Å². The van der Waals surface area contributed by atoms with Gasteiger partial charge in [-0.15, -0.1) is 0 Å². The number of hydrogen-bond acceptors (Lipinski definition) is 15. The maximum absolute atomic E-state index is 14.7. The number of hydrogen-bond donors (Lipinski definition) is 2. The molecule has 15 atom stereocenters. The number of Topliss-reactive ketones (excluding diaryl/α,β-unsaturated/α-hetero) is 3. The fourth-order valence-electron chi connectivity index (χ4n) is 11.2. The Labute approximate surface area is 468 Å². The van der Waals surface area contributed by atoms with Gasteiger partial charge in [-0.3, -0.25) is 19.2 Å². The van der Waals surface area contributed by atoms with E-state index in [-0.39, 0.29) is 79.0 Å². The van der Waals surface area contributed by atoms with E-state index in [2.05, 4.69) is 33.9 Å². The molecule has 3 aliphatic heterocycles. The van der Waals surface area contributed by atoms with Gasteiger partial charge in [0.25, 0.3) is 11.7 Å². The Bertz CT molecular complexity index is 2080. The molecule has 2 N–H and O–H groups in total. The maximum atomic E-state index is 14.7. The van der Waals surface area contributed by atoms with Gasteiger partial charge in [0, 0.05) is 58.5 Å². The highest BCUT2D eigenvalue weighted by Gasteiger charge is 2.53. The van der Waals surface area contributed by atoms with Gasteiger partial charge in [0.15, 0.2) is 14.1 Å². The smallest absolute Gasteiger partial charge is 0.329 e. The molecule has 3 fully saturated rings. The molecule has 0 spiro atoms. The van der Waals surface area contributed by atoms with Gasteiger partial charge >= 0.3 is 5.97 Å². The maximum Gasteiger partial charge on any atom is 0.329 e. The first kappa shape index (κ1) is 67.3. The van der Waals surface area contributed by atoms with Gasteiger partial charge in [-0.05, 0) is 125 Å². The van der Waals surface area contributed by atoms with E-state index in [4.69, 9.17) is 37.6 Å². The van der Waals surface area contributed by atoms with Gasteiger partial charge in [-0.1, -0.05) is 91.8 Å². The molecular weight excluding hydrogens is 1010 g/mol. The molecule has 0 aromatic carbocycles. The van der Waals surface area contributed by atoms with Crippen LogP contribution in [0, 0.1) is 35.5 Å². The third kappa shape index (κ3) is 18.9. The summed E-state index contributed by atoms with van der Waals surface area (Å²) in [5.74, 6) is -7.99. The molecule has 78 heavy (non-hydrogen) atoms. The van der Waals surface area contributed by atoms with Crippen molar-refractivity contribution in [2.75, 3.05) is 54.3 Å². The number of piperidine rings is 1. The van der Waals surface area contributed by atoms with E-state index >= 15 is 0 Å². The summed E-state index contributed by atoms with van der Waals surface area (Å²) in [6.45, 7) is 25.4. The lowest BCUT2D eigenvalue weighted by atomic mass is 9.78. The summed E-state index contributed by atoms with van der Waals surface area (Å²) in [6, 6.07) is -1.15. The Morgan fingerprint density at radius 2 is 1.54 bits per heavy atom. The Hall–Kier alpha value is -3.23. The van der Waals surface area contributed by atoms with E-state index in [0.29, 0.717) is 63.9 Å². The van der Waals surface area contributed by atoms with Gasteiger partial charge in [-0.2, -0.15) is 0 Å². The van der Waals surface area contributed by atoms with E-state index in [1.54, 1.807) is 41.1 Å². The molecule has 17 heteroatoms. The number of ketones is 3.